The number of nitrogens with one attached hydrogen (secondary N) is 1. The maximum absolute atomic E-state index is 13.5. The number of carbonyl (C=O) groups excluding carboxylic acids is 2. The minimum atomic E-state index is -0.293. The van der Waals surface area contributed by atoms with Crippen LogP contribution in [0, 0.1) is 5.92 Å². The standard InChI is InChI=1S/C28H37BrN4O4/c1-19(34)37-18-20-13-14-33-25(16-31(2)3)27(21-5-7-22(29)8-6-21)26(33)17-32(15-20)28(35)30-23-9-11-24(36-4)12-10-23/h5-12,20,25-27H,13-18H2,1-4H3,(H,30,35)/t20?,25-,26+,27+/m1/s1. The molecule has 4 atom stereocenters. The highest BCUT2D eigenvalue weighted by atomic mass is 79.9. The SMILES string of the molecule is COc1ccc(NC(=O)N2CC(COC(C)=O)CCN3[C@H](CN(C)C)[C@H](c4ccc(Br)cc4)[C@@H]3C2)cc1. The minimum absolute atomic E-state index is 0.0678. The van der Waals surface area contributed by atoms with Crippen molar-refractivity contribution in [3.05, 3.63) is 58.6 Å². The second kappa shape index (κ2) is 12.3. The molecule has 2 saturated heterocycles. The van der Waals surface area contributed by atoms with Gasteiger partial charge in [-0.2, -0.15) is 0 Å². The van der Waals surface area contributed by atoms with Gasteiger partial charge in [-0.25, -0.2) is 4.79 Å². The number of nitrogens with zero attached hydrogens (tertiary/aromatic N) is 3. The van der Waals surface area contributed by atoms with Crippen molar-refractivity contribution in [3.63, 3.8) is 0 Å². The van der Waals surface area contributed by atoms with E-state index in [9.17, 15) is 9.59 Å². The zero-order valence-electron chi connectivity index (χ0n) is 22.0. The fraction of sp³-hybridized carbons (Fsp3) is 0.500. The number of likely N-dealkylation sites (N-methyl/N-ethyl adjacent to an activating group) is 1. The summed E-state index contributed by atoms with van der Waals surface area (Å²) in [6.07, 6.45) is 0.854. The van der Waals surface area contributed by atoms with Crippen molar-refractivity contribution in [1.29, 1.82) is 0 Å². The maximum atomic E-state index is 13.5. The van der Waals surface area contributed by atoms with Crippen molar-refractivity contribution in [2.45, 2.75) is 31.3 Å². The Morgan fingerprint density at radius 3 is 2.41 bits per heavy atom. The topological polar surface area (TPSA) is 74.3 Å². The molecule has 9 heteroatoms. The predicted molar refractivity (Wildman–Crippen MR) is 148 cm³/mol. The Balaban J connectivity index is 1.58. The van der Waals surface area contributed by atoms with Gasteiger partial charge in [0.25, 0.3) is 0 Å². The van der Waals surface area contributed by atoms with Crippen molar-refractivity contribution in [2.24, 2.45) is 5.92 Å². The van der Waals surface area contributed by atoms with Gasteiger partial charge in [0, 0.05) is 60.6 Å². The molecule has 37 heavy (non-hydrogen) atoms. The number of urea groups is 1. The number of fused-ring (bicyclic) bond motifs is 1. The van der Waals surface area contributed by atoms with Gasteiger partial charge < -0.3 is 24.6 Å². The molecule has 0 radical (unpaired) electrons. The number of esters is 1. The number of rotatable bonds is 7. The smallest absolute Gasteiger partial charge is 0.321 e. The number of hydrogen-bond acceptors (Lipinski definition) is 6. The average Bonchev–Trinajstić information content (AvgIpc) is 2.85. The summed E-state index contributed by atoms with van der Waals surface area (Å²) in [5.41, 5.74) is 2.01. The van der Waals surface area contributed by atoms with E-state index >= 15 is 0 Å². The molecule has 2 amide bonds. The third kappa shape index (κ3) is 6.83. The van der Waals surface area contributed by atoms with Crippen molar-refractivity contribution in [1.82, 2.24) is 14.7 Å². The highest BCUT2D eigenvalue weighted by Crippen LogP contribution is 2.43. The van der Waals surface area contributed by atoms with Gasteiger partial charge >= 0.3 is 12.0 Å². The van der Waals surface area contributed by atoms with Crippen molar-refractivity contribution >= 4 is 33.6 Å². The largest absolute Gasteiger partial charge is 0.497 e. The van der Waals surface area contributed by atoms with Crippen LogP contribution in [0.5, 0.6) is 5.75 Å². The highest BCUT2D eigenvalue weighted by molar-refractivity contribution is 9.10. The van der Waals surface area contributed by atoms with Gasteiger partial charge in [-0.15, -0.1) is 0 Å². The van der Waals surface area contributed by atoms with Crippen LogP contribution in [0.1, 0.15) is 24.8 Å². The first-order chi connectivity index (χ1) is 17.7. The Labute approximate surface area is 228 Å². The molecule has 0 spiro atoms. The average molecular weight is 574 g/mol. The van der Waals surface area contributed by atoms with Crippen LogP contribution in [-0.2, 0) is 9.53 Å². The summed E-state index contributed by atoms with van der Waals surface area (Å²) < 4.78 is 11.7. The number of halogens is 1. The van der Waals surface area contributed by atoms with Crippen molar-refractivity contribution in [3.8, 4) is 5.75 Å². The predicted octanol–water partition coefficient (Wildman–Crippen LogP) is 4.27. The molecule has 2 heterocycles. The van der Waals surface area contributed by atoms with Gasteiger partial charge in [0.1, 0.15) is 5.75 Å². The Hall–Kier alpha value is -2.62. The molecular weight excluding hydrogens is 536 g/mol. The quantitative estimate of drug-likeness (QED) is 0.499. The lowest BCUT2D eigenvalue weighted by Crippen LogP contribution is -2.69. The zero-order valence-corrected chi connectivity index (χ0v) is 23.6. The third-order valence-electron chi connectivity index (χ3n) is 7.32. The van der Waals surface area contributed by atoms with E-state index in [1.54, 1.807) is 7.11 Å². The van der Waals surface area contributed by atoms with E-state index in [-0.39, 0.29) is 24.0 Å². The van der Waals surface area contributed by atoms with Crippen molar-refractivity contribution in [2.75, 3.05) is 59.3 Å². The number of hydrogen-bond donors (Lipinski definition) is 1. The van der Waals surface area contributed by atoms with Crippen LogP contribution >= 0.6 is 15.9 Å². The summed E-state index contributed by atoms with van der Waals surface area (Å²) >= 11 is 3.56. The van der Waals surface area contributed by atoms with Crippen LogP contribution in [-0.4, -0.2) is 92.8 Å². The second-order valence-electron chi connectivity index (χ2n) is 10.2. The number of amides is 2. The van der Waals surface area contributed by atoms with Gasteiger partial charge in [-0.3, -0.25) is 9.69 Å². The lowest BCUT2D eigenvalue weighted by atomic mass is 9.73. The molecule has 0 bridgehead atoms. The van der Waals surface area contributed by atoms with Crippen LogP contribution in [0.25, 0.3) is 0 Å². The second-order valence-corrected chi connectivity index (χ2v) is 11.1. The van der Waals surface area contributed by atoms with Crippen LogP contribution in [0.4, 0.5) is 10.5 Å². The van der Waals surface area contributed by atoms with Gasteiger partial charge in [-0.1, -0.05) is 28.1 Å². The number of ether oxygens (including phenoxy) is 2. The summed E-state index contributed by atoms with van der Waals surface area (Å²) in [6.45, 7) is 4.72. The Kier molecular flexibility index (Phi) is 9.10. The zero-order chi connectivity index (χ0) is 26.5. The first-order valence-corrected chi connectivity index (χ1v) is 13.5. The molecule has 1 N–H and O–H groups in total. The summed E-state index contributed by atoms with van der Waals surface area (Å²) in [5, 5.41) is 3.05. The normalized spacial score (nSPS) is 23.9. The molecule has 0 saturated carbocycles. The maximum Gasteiger partial charge on any atom is 0.321 e. The first-order valence-electron chi connectivity index (χ1n) is 12.7. The van der Waals surface area contributed by atoms with E-state index in [1.807, 2.05) is 29.2 Å². The Morgan fingerprint density at radius 1 is 1.08 bits per heavy atom. The molecule has 200 valence electrons. The Bertz CT molecular complexity index is 1060. The molecule has 0 aromatic heterocycles. The molecule has 4 rings (SSSR count). The van der Waals surface area contributed by atoms with Gasteiger partial charge in [0.2, 0.25) is 0 Å². The van der Waals surface area contributed by atoms with E-state index in [2.05, 4.69) is 69.4 Å². The number of methoxy groups -OCH3 is 1. The van der Waals surface area contributed by atoms with Gasteiger partial charge in [0.05, 0.1) is 13.7 Å². The molecule has 0 aliphatic carbocycles. The van der Waals surface area contributed by atoms with Crippen molar-refractivity contribution < 1.29 is 19.1 Å². The molecule has 1 unspecified atom stereocenters. The van der Waals surface area contributed by atoms with Gasteiger partial charge in [-0.05, 0) is 69.0 Å². The van der Waals surface area contributed by atoms with Crippen LogP contribution in [0.2, 0.25) is 0 Å². The summed E-state index contributed by atoms with van der Waals surface area (Å²) in [7, 11) is 5.83. The van der Waals surface area contributed by atoms with Crippen LogP contribution in [0.15, 0.2) is 53.0 Å². The highest BCUT2D eigenvalue weighted by Gasteiger charge is 2.50. The van der Waals surface area contributed by atoms with E-state index < -0.39 is 0 Å². The molecule has 2 aromatic rings. The number of benzene rings is 2. The minimum Gasteiger partial charge on any atom is -0.497 e. The summed E-state index contributed by atoms with van der Waals surface area (Å²) in [6, 6.07) is 16.3. The molecule has 8 nitrogen and oxygen atoms in total. The lowest BCUT2D eigenvalue weighted by molar-refractivity contribution is -0.143. The van der Waals surface area contributed by atoms with E-state index in [1.165, 1.54) is 12.5 Å². The van der Waals surface area contributed by atoms with Crippen LogP contribution in [0.3, 0.4) is 0 Å². The third-order valence-corrected chi connectivity index (χ3v) is 7.85. The molecule has 2 aromatic carbocycles. The van der Waals surface area contributed by atoms with E-state index in [4.69, 9.17) is 9.47 Å². The van der Waals surface area contributed by atoms with E-state index in [0.29, 0.717) is 37.3 Å². The summed E-state index contributed by atoms with van der Waals surface area (Å²) in [4.78, 5) is 31.7. The first kappa shape index (κ1) is 27.4. The molecule has 2 aliphatic heterocycles. The summed E-state index contributed by atoms with van der Waals surface area (Å²) in [5.74, 6) is 0.828. The molecule has 2 fully saturated rings. The Morgan fingerprint density at radius 2 is 1.78 bits per heavy atom. The fourth-order valence-corrected chi connectivity index (χ4v) is 5.80. The van der Waals surface area contributed by atoms with Gasteiger partial charge in [0.15, 0.2) is 0 Å². The fourth-order valence-electron chi connectivity index (χ4n) is 5.53. The van der Waals surface area contributed by atoms with E-state index in [0.717, 1.165) is 29.7 Å². The van der Waals surface area contributed by atoms with Crippen LogP contribution < -0.4 is 10.1 Å². The number of anilines is 1. The molecule has 2 aliphatic rings. The molecular formula is C28H37BrN4O4. The monoisotopic (exact) mass is 572 g/mol. The lowest BCUT2D eigenvalue weighted by Gasteiger charge is -2.58. The number of carbonyl (C=O) groups is 2.